The first-order valence-corrected chi connectivity index (χ1v) is 5.57. The van der Waals surface area contributed by atoms with Gasteiger partial charge in [-0.3, -0.25) is 5.41 Å². The van der Waals surface area contributed by atoms with Crippen molar-refractivity contribution < 1.29 is 22.7 Å². The van der Waals surface area contributed by atoms with Gasteiger partial charge < -0.3 is 15.4 Å². The molecule has 7 nitrogen and oxygen atoms in total. The maximum atomic E-state index is 12.2. The van der Waals surface area contributed by atoms with E-state index in [0.29, 0.717) is 0 Å². The summed E-state index contributed by atoms with van der Waals surface area (Å²) in [4.78, 5) is 11.6. The molecule has 1 aromatic rings. The van der Waals surface area contributed by atoms with Gasteiger partial charge >= 0.3 is 12.4 Å². The van der Waals surface area contributed by atoms with Crippen LogP contribution in [0.3, 0.4) is 0 Å². The number of nitrogens with zero attached hydrogens (tertiary/aromatic N) is 2. The van der Waals surface area contributed by atoms with Crippen molar-refractivity contribution in [1.29, 1.82) is 15.9 Å². The van der Waals surface area contributed by atoms with E-state index in [-0.39, 0.29) is 5.69 Å². The van der Waals surface area contributed by atoms with Crippen LogP contribution in [0.5, 0.6) is 5.75 Å². The summed E-state index contributed by atoms with van der Waals surface area (Å²) in [5.41, 5.74) is -1.00. The predicted octanol–water partition coefficient (Wildman–Crippen LogP) is 2.14. The van der Waals surface area contributed by atoms with Crippen molar-refractivity contribution in [2.45, 2.75) is 12.4 Å². The summed E-state index contributed by atoms with van der Waals surface area (Å²) in [5, 5.41) is 28.3. The fraction of sp³-hybridized carbons (Fsp3) is 0.167. The molecule has 1 aromatic carbocycles. The molecule has 1 unspecified atom stereocenters. The average molecular weight is 311 g/mol. The maximum Gasteiger partial charge on any atom is 0.573 e. The van der Waals surface area contributed by atoms with Crippen LogP contribution in [0, 0.1) is 28.1 Å². The van der Waals surface area contributed by atoms with Gasteiger partial charge in [-0.15, -0.1) is 13.2 Å². The molecule has 2 amide bonds. The minimum atomic E-state index is -4.94. The summed E-state index contributed by atoms with van der Waals surface area (Å²) in [6, 6.07) is 5.06. The molecule has 0 aliphatic heterocycles. The minimum absolute atomic E-state index is 0.294. The largest absolute Gasteiger partial charge is 0.573 e. The number of urea groups is 1. The van der Waals surface area contributed by atoms with Crippen LogP contribution in [-0.2, 0) is 0 Å². The van der Waals surface area contributed by atoms with E-state index < -0.39 is 29.9 Å². The second-order valence-electron chi connectivity index (χ2n) is 3.73. The van der Waals surface area contributed by atoms with Crippen molar-refractivity contribution in [2.75, 3.05) is 5.32 Å². The van der Waals surface area contributed by atoms with Crippen LogP contribution in [0.15, 0.2) is 24.3 Å². The normalized spacial score (nSPS) is 11.5. The molecule has 22 heavy (non-hydrogen) atoms. The van der Waals surface area contributed by atoms with Crippen molar-refractivity contribution >= 4 is 17.4 Å². The molecule has 3 N–H and O–H groups in total. The van der Waals surface area contributed by atoms with Gasteiger partial charge in [-0.2, -0.15) is 10.5 Å². The molecule has 0 aliphatic rings. The van der Waals surface area contributed by atoms with E-state index >= 15 is 0 Å². The molecule has 0 heterocycles. The average Bonchev–Trinajstić information content (AvgIpc) is 2.44. The van der Waals surface area contributed by atoms with Gasteiger partial charge in [0.25, 0.3) is 0 Å². The Kier molecular flexibility index (Phi) is 5.30. The van der Waals surface area contributed by atoms with E-state index in [1.807, 2.05) is 10.6 Å². The van der Waals surface area contributed by atoms with Gasteiger partial charge in [0.05, 0.1) is 11.8 Å². The summed E-state index contributed by atoms with van der Waals surface area (Å²) in [5.74, 6) is -0.644. The van der Waals surface area contributed by atoms with Gasteiger partial charge in [-0.05, 0) is 12.1 Å². The third-order valence-corrected chi connectivity index (χ3v) is 2.17. The van der Waals surface area contributed by atoms with Crippen LogP contribution in [0.1, 0.15) is 0 Å². The third kappa shape index (κ3) is 5.02. The molecule has 0 bridgehead atoms. The Morgan fingerprint density at radius 2 is 1.95 bits per heavy atom. The fourth-order valence-electron chi connectivity index (χ4n) is 1.31. The highest BCUT2D eigenvalue weighted by Crippen LogP contribution is 2.29. The van der Waals surface area contributed by atoms with Gasteiger partial charge in [-0.1, -0.05) is 12.1 Å². The Morgan fingerprint density at radius 3 is 2.50 bits per heavy atom. The van der Waals surface area contributed by atoms with Gasteiger partial charge in [0, 0.05) is 0 Å². The van der Waals surface area contributed by atoms with E-state index in [1.165, 1.54) is 24.3 Å². The summed E-state index contributed by atoms with van der Waals surface area (Å²) < 4.78 is 40.4. The van der Waals surface area contributed by atoms with Crippen LogP contribution in [0.25, 0.3) is 0 Å². The summed E-state index contributed by atoms with van der Waals surface area (Å²) >= 11 is 0. The zero-order valence-corrected chi connectivity index (χ0v) is 10.7. The molecule has 114 valence electrons. The number of halogens is 3. The molecule has 1 rings (SSSR count). The first kappa shape index (κ1) is 16.8. The number of carbonyl (C=O) groups is 1. The molecular formula is C12H8F3N5O2. The standard InChI is InChI=1S/C12H8F3N5O2/c13-12(14,15)22-10-4-2-1-3-8(10)19-11(21)20-9(6-17)7(18)5-16/h1-4,9,18H,(H2,19,20,21). The van der Waals surface area contributed by atoms with Crippen molar-refractivity contribution in [3.8, 4) is 17.9 Å². The molecule has 0 saturated carbocycles. The van der Waals surface area contributed by atoms with Crippen molar-refractivity contribution in [3.63, 3.8) is 0 Å². The van der Waals surface area contributed by atoms with E-state index in [1.54, 1.807) is 0 Å². The third-order valence-electron chi connectivity index (χ3n) is 2.17. The van der Waals surface area contributed by atoms with Crippen LogP contribution in [0.2, 0.25) is 0 Å². The van der Waals surface area contributed by atoms with Gasteiger partial charge in [0.1, 0.15) is 11.8 Å². The number of ether oxygens (including phenoxy) is 1. The molecule has 0 fully saturated rings. The highest BCUT2D eigenvalue weighted by molar-refractivity contribution is 6.05. The first-order chi connectivity index (χ1) is 10.3. The second kappa shape index (κ2) is 6.95. The number of benzene rings is 1. The monoisotopic (exact) mass is 311 g/mol. The first-order valence-electron chi connectivity index (χ1n) is 5.57. The quantitative estimate of drug-likeness (QED) is 0.737. The minimum Gasteiger partial charge on any atom is -0.404 e. The van der Waals surface area contributed by atoms with E-state index in [4.69, 9.17) is 15.9 Å². The molecule has 10 heteroatoms. The van der Waals surface area contributed by atoms with Crippen molar-refractivity contribution in [2.24, 2.45) is 0 Å². The smallest absolute Gasteiger partial charge is 0.404 e. The number of amides is 2. The number of alkyl halides is 3. The van der Waals surface area contributed by atoms with Gasteiger partial charge in [0.15, 0.2) is 11.8 Å². The van der Waals surface area contributed by atoms with Crippen LogP contribution in [0.4, 0.5) is 23.7 Å². The summed E-state index contributed by atoms with van der Waals surface area (Å²) in [6.07, 6.45) is -4.94. The molecule has 0 saturated heterocycles. The lowest BCUT2D eigenvalue weighted by atomic mass is 10.2. The Balaban J connectivity index is 2.83. The Bertz CT molecular complexity index is 660. The number of rotatable bonds is 4. The van der Waals surface area contributed by atoms with E-state index in [9.17, 15) is 18.0 Å². The zero-order chi connectivity index (χ0) is 16.8. The maximum absolute atomic E-state index is 12.2. The SMILES string of the molecule is N#CC(=N)C(C#N)NC(=O)Nc1ccccc1OC(F)(F)F. The molecule has 0 aliphatic carbocycles. The van der Waals surface area contributed by atoms with E-state index in [0.717, 1.165) is 12.1 Å². The highest BCUT2D eigenvalue weighted by atomic mass is 19.4. The number of hydrogen-bond acceptors (Lipinski definition) is 5. The molecule has 0 aromatic heterocycles. The number of carbonyl (C=O) groups excluding carboxylic acids is 1. The lowest BCUT2D eigenvalue weighted by molar-refractivity contribution is -0.274. The molecule has 0 radical (unpaired) electrons. The Morgan fingerprint density at radius 1 is 1.32 bits per heavy atom. The predicted molar refractivity (Wildman–Crippen MR) is 68.0 cm³/mol. The Labute approximate surface area is 122 Å². The number of para-hydroxylation sites is 2. The summed E-state index contributed by atoms with van der Waals surface area (Å²) in [7, 11) is 0. The number of anilines is 1. The van der Waals surface area contributed by atoms with E-state index in [2.05, 4.69) is 4.74 Å². The highest BCUT2D eigenvalue weighted by Gasteiger charge is 2.32. The van der Waals surface area contributed by atoms with Crippen LogP contribution < -0.4 is 15.4 Å². The van der Waals surface area contributed by atoms with Gasteiger partial charge in [0.2, 0.25) is 0 Å². The van der Waals surface area contributed by atoms with Crippen molar-refractivity contribution in [1.82, 2.24) is 5.32 Å². The lowest BCUT2D eigenvalue weighted by Crippen LogP contribution is -2.41. The number of nitrogens with one attached hydrogen (secondary N) is 3. The molecule has 1 atom stereocenters. The summed E-state index contributed by atoms with van der Waals surface area (Å²) in [6.45, 7) is 0. The Hall–Kier alpha value is -3.27. The van der Waals surface area contributed by atoms with Crippen LogP contribution in [-0.4, -0.2) is 24.1 Å². The van der Waals surface area contributed by atoms with Gasteiger partial charge in [-0.25, -0.2) is 4.79 Å². The van der Waals surface area contributed by atoms with Crippen molar-refractivity contribution in [3.05, 3.63) is 24.3 Å². The second-order valence-corrected chi connectivity index (χ2v) is 3.73. The topological polar surface area (TPSA) is 122 Å². The molecular weight excluding hydrogens is 303 g/mol. The number of nitriles is 2. The number of hydrogen-bond donors (Lipinski definition) is 3. The van der Waals surface area contributed by atoms with Crippen LogP contribution >= 0.6 is 0 Å². The zero-order valence-electron chi connectivity index (χ0n) is 10.7. The fourth-order valence-corrected chi connectivity index (χ4v) is 1.31. The lowest BCUT2D eigenvalue weighted by Gasteiger charge is -2.15. The molecule has 0 spiro atoms.